The summed E-state index contributed by atoms with van der Waals surface area (Å²) in [6, 6.07) is 7.28. The van der Waals surface area contributed by atoms with Crippen LogP contribution < -0.4 is 5.32 Å². The van der Waals surface area contributed by atoms with Crippen molar-refractivity contribution in [3.05, 3.63) is 34.9 Å². The zero-order chi connectivity index (χ0) is 10.8. The third kappa shape index (κ3) is 1.15. The normalized spacial score (nSPS) is 27.6. The number of nitrogens with one attached hydrogen (secondary N) is 1. The molecule has 0 saturated heterocycles. The molecule has 2 aliphatic carbocycles. The molecule has 1 aliphatic heterocycles. The maximum atomic E-state index is 3.57. The van der Waals surface area contributed by atoms with Gasteiger partial charge >= 0.3 is 0 Å². The zero-order valence-corrected chi connectivity index (χ0v) is 9.97. The maximum Gasteiger partial charge on any atom is 0.0208 e. The Bertz CT molecular complexity index is 453. The lowest BCUT2D eigenvalue weighted by Gasteiger charge is -2.27. The topological polar surface area (TPSA) is 12.0 Å². The van der Waals surface area contributed by atoms with E-state index >= 15 is 0 Å². The van der Waals surface area contributed by atoms with Crippen molar-refractivity contribution < 1.29 is 0 Å². The van der Waals surface area contributed by atoms with Gasteiger partial charge in [-0.15, -0.1) is 0 Å². The first-order valence-corrected chi connectivity index (χ1v) is 6.57. The highest BCUT2D eigenvalue weighted by molar-refractivity contribution is 5.46. The Hall–Kier alpha value is -0.820. The molecule has 0 amide bonds. The molecule has 3 aliphatic rings. The van der Waals surface area contributed by atoms with Crippen LogP contribution in [0.25, 0.3) is 0 Å². The third-order valence-electron chi connectivity index (χ3n) is 5.01. The van der Waals surface area contributed by atoms with E-state index in [4.69, 9.17) is 0 Å². The molecule has 1 N–H and O–H groups in total. The van der Waals surface area contributed by atoms with Crippen molar-refractivity contribution in [3.63, 3.8) is 0 Å². The van der Waals surface area contributed by atoms with E-state index in [9.17, 15) is 0 Å². The highest BCUT2D eigenvalue weighted by Gasteiger charge is 2.48. The van der Waals surface area contributed by atoms with Gasteiger partial charge in [0.05, 0.1) is 0 Å². The van der Waals surface area contributed by atoms with Gasteiger partial charge in [0, 0.05) is 18.5 Å². The monoisotopic (exact) mass is 213 g/mol. The molecule has 1 aromatic carbocycles. The molecule has 1 heteroatoms. The fourth-order valence-corrected chi connectivity index (χ4v) is 3.20. The average Bonchev–Trinajstić information content (AvgIpc) is 3.20. The van der Waals surface area contributed by atoms with Gasteiger partial charge in [-0.25, -0.2) is 0 Å². The van der Waals surface area contributed by atoms with E-state index in [1.165, 1.54) is 32.2 Å². The summed E-state index contributed by atoms with van der Waals surface area (Å²) in [6.45, 7) is 4.70. The highest BCUT2D eigenvalue weighted by Crippen LogP contribution is 2.53. The molecule has 0 radical (unpaired) electrons. The summed E-state index contributed by atoms with van der Waals surface area (Å²) in [5, 5.41) is 3.57. The second-order valence-electron chi connectivity index (χ2n) is 6.32. The maximum absolute atomic E-state index is 3.57. The van der Waals surface area contributed by atoms with Crippen molar-refractivity contribution in [2.45, 2.75) is 50.0 Å². The van der Waals surface area contributed by atoms with E-state index in [1.807, 2.05) is 0 Å². The Balaban J connectivity index is 1.84. The van der Waals surface area contributed by atoms with E-state index in [2.05, 4.69) is 30.4 Å². The third-order valence-corrected chi connectivity index (χ3v) is 5.01. The highest BCUT2D eigenvalue weighted by atomic mass is 14.9. The fraction of sp³-hybridized carbons (Fsp3) is 0.600. The Labute approximate surface area is 97.2 Å². The first-order valence-electron chi connectivity index (χ1n) is 6.57. The van der Waals surface area contributed by atoms with Gasteiger partial charge in [-0.05, 0) is 47.8 Å². The van der Waals surface area contributed by atoms with Crippen LogP contribution in [0.15, 0.2) is 18.2 Å². The van der Waals surface area contributed by atoms with Crippen LogP contribution in [0.5, 0.6) is 0 Å². The number of fused-ring (bicyclic) bond motifs is 2. The second-order valence-corrected chi connectivity index (χ2v) is 6.32. The van der Waals surface area contributed by atoms with Crippen LogP contribution in [0, 0.1) is 0 Å². The number of rotatable bonds is 1. The van der Waals surface area contributed by atoms with Crippen LogP contribution >= 0.6 is 0 Å². The van der Waals surface area contributed by atoms with Gasteiger partial charge < -0.3 is 5.32 Å². The minimum absolute atomic E-state index is 0.524. The fourth-order valence-electron chi connectivity index (χ4n) is 3.20. The molecule has 2 saturated carbocycles. The zero-order valence-electron chi connectivity index (χ0n) is 9.97. The predicted octanol–water partition coefficient (Wildman–Crippen LogP) is 2.87. The van der Waals surface area contributed by atoms with Crippen LogP contribution in [0.2, 0.25) is 0 Å². The summed E-state index contributed by atoms with van der Waals surface area (Å²) in [4.78, 5) is 0. The van der Waals surface area contributed by atoms with E-state index in [1.54, 1.807) is 16.7 Å². The Morgan fingerprint density at radius 2 is 1.94 bits per heavy atom. The summed E-state index contributed by atoms with van der Waals surface area (Å²) in [6.07, 6.45) is 5.56. The van der Waals surface area contributed by atoms with Gasteiger partial charge in [-0.1, -0.05) is 25.1 Å². The minimum Gasteiger partial charge on any atom is -0.312 e. The van der Waals surface area contributed by atoms with Crippen molar-refractivity contribution in [2.24, 2.45) is 0 Å². The van der Waals surface area contributed by atoms with Gasteiger partial charge in [0.15, 0.2) is 0 Å². The van der Waals surface area contributed by atoms with Crippen LogP contribution in [0.1, 0.15) is 49.3 Å². The Morgan fingerprint density at radius 3 is 2.62 bits per heavy atom. The van der Waals surface area contributed by atoms with Crippen LogP contribution in [-0.2, 0) is 17.4 Å². The first kappa shape index (κ1) is 9.23. The van der Waals surface area contributed by atoms with Crippen LogP contribution in [0.4, 0.5) is 0 Å². The summed E-state index contributed by atoms with van der Waals surface area (Å²) < 4.78 is 0. The average molecular weight is 213 g/mol. The molecule has 4 rings (SSSR count). The lowest BCUT2D eigenvalue weighted by molar-refractivity contribution is 0.529. The Kier molecular flexibility index (Phi) is 1.56. The molecule has 16 heavy (non-hydrogen) atoms. The van der Waals surface area contributed by atoms with Gasteiger partial charge in [-0.2, -0.15) is 0 Å². The van der Waals surface area contributed by atoms with E-state index < -0.39 is 0 Å². The molecule has 0 bridgehead atoms. The smallest absolute Gasteiger partial charge is 0.0208 e. The SMILES string of the molecule is CC1(c2ccc3c(c2)C2(CC2)CNC3)CC1. The lowest BCUT2D eigenvalue weighted by Crippen LogP contribution is -2.33. The first-order chi connectivity index (χ1) is 7.72. The van der Waals surface area contributed by atoms with Crippen molar-refractivity contribution in [3.8, 4) is 0 Å². The molecule has 0 atom stereocenters. The van der Waals surface area contributed by atoms with Gasteiger partial charge in [-0.3, -0.25) is 0 Å². The molecule has 1 nitrogen and oxygen atoms in total. The van der Waals surface area contributed by atoms with E-state index in [-0.39, 0.29) is 0 Å². The molecule has 1 aromatic rings. The second kappa shape index (κ2) is 2.70. The summed E-state index contributed by atoms with van der Waals surface area (Å²) in [5.41, 5.74) is 5.89. The quantitative estimate of drug-likeness (QED) is 0.756. The van der Waals surface area contributed by atoms with Crippen molar-refractivity contribution >= 4 is 0 Å². The predicted molar refractivity (Wildman–Crippen MR) is 65.6 cm³/mol. The van der Waals surface area contributed by atoms with Gasteiger partial charge in [0.1, 0.15) is 0 Å². The van der Waals surface area contributed by atoms with Gasteiger partial charge in [0.25, 0.3) is 0 Å². The molecule has 2 fully saturated rings. The molecular formula is C15H19N. The van der Waals surface area contributed by atoms with Crippen LogP contribution in [0.3, 0.4) is 0 Å². The molecule has 1 heterocycles. The van der Waals surface area contributed by atoms with Gasteiger partial charge in [0.2, 0.25) is 0 Å². The number of benzene rings is 1. The van der Waals surface area contributed by atoms with Crippen LogP contribution in [-0.4, -0.2) is 6.54 Å². The van der Waals surface area contributed by atoms with Crippen molar-refractivity contribution in [1.29, 1.82) is 0 Å². The number of hydrogen-bond acceptors (Lipinski definition) is 1. The Morgan fingerprint density at radius 1 is 1.12 bits per heavy atom. The molecule has 0 unspecified atom stereocenters. The van der Waals surface area contributed by atoms with E-state index in [0.29, 0.717) is 10.8 Å². The largest absolute Gasteiger partial charge is 0.312 e. The molecule has 1 spiro atoms. The molecule has 0 aromatic heterocycles. The summed E-state index contributed by atoms with van der Waals surface area (Å²) in [5.74, 6) is 0. The van der Waals surface area contributed by atoms with Crippen molar-refractivity contribution in [2.75, 3.05) is 6.54 Å². The minimum atomic E-state index is 0.524. The molecular weight excluding hydrogens is 194 g/mol. The number of hydrogen-bond donors (Lipinski definition) is 1. The standard InChI is InChI=1S/C15H19N/c1-14(4-5-14)12-3-2-11-9-16-10-15(6-7-15)13(11)8-12/h2-3,8,16H,4-7,9-10H2,1H3. The molecule has 84 valence electrons. The van der Waals surface area contributed by atoms with Crippen molar-refractivity contribution in [1.82, 2.24) is 5.32 Å². The van der Waals surface area contributed by atoms with E-state index in [0.717, 1.165) is 6.54 Å². The summed E-state index contributed by atoms with van der Waals surface area (Å²) >= 11 is 0. The summed E-state index contributed by atoms with van der Waals surface area (Å²) in [7, 11) is 0. The lowest BCUT2D eigenvalue weighted by atomic mass is 9.84.